The molecule has 1 rings (SSSR count). The lowest BCUT2D eigenvalue weighted by atomic mass is 9.99. The van der Waals surface area contributed by atoms with E-state index in [-0.39, 0.29) is 11.3 Å². The molecule has 0 radical (unpaired) electrons. The lowest BCUT2D eigenvalue weighted by Crippen LogP contribution is -2.10. The number of aromatic carboxylic acids is 1. The highest BCUT2D eigenvalue weighted by atomic mass is 16.4. The Morgan fingerprint density at radius 2 is 1.76 bits per heavy atom. The summed E-state index contributed by atoms with van der Waals surface area (Å²) in [6, 6.07) is 4.92. The van der Waals surface area contributed by atoms with Gasteiger partial charge in [0, 0.05) is 24.2 Å². The van der Waals surface area contributed by atoms with Gasteiger partial charge in [-0.2, -0.15) is 0 Å². The summed E-state index contributed by atoms with van der Waals surface area (Å²) in [7, 11) is 0. The molecule has 21 heavy (non-hydrogen) atoms. The summed E-state index contributed by atoms with van der Waals surface area (Å²) in [4.78, 5) is 23.4. The molecule has 4 heteroatoms. The number of benzene rings is 1. The minimum atomic E-state index is -1.05. The van der Waals surface area contributed by atoms with E-state index in [1.165, 1.54) is 6.07 Å². The zero-order valence-electron chi connectivity index (χ0n) is 12.9. The molecule has 0 unspecified atom stereocenters. The van der Waals surface area contributed by atoms with Crippen molar-refractivity contribution in [3.63, 3.8) is 0 Å². The number of hydrogen-bond donors (Lipinski definition) is 2. The number of nitrogens with one attached hydrogen (secondary N) is 1. The number of rotatable bonds is 10. The van der Waals surface area contributed by atoms with E-state index < -0.39 is 5.97 Å². The molecule has 0 aliphatic rings. The summed E-state index contributed by atoms with van der Waals surface area (Å²) in [5.74, 6) is -1.14. The summed E-state index contributed by atoms with van der Waals surface area (Å²) < 4.78 is 0. The van der Waals surface area contributed by atoms with E-state index in [1.807, 2.05) is 6.92 Å². The molecule has 1 aromatic carbocycles. The fourth-order valence-electron chi connectivity index (χ4n) is 2.15. The molecule has 1 aromatic rings. The van der Waals surface area contributed by atoms with Gasteiger partial charge in [-0.05, 0) is 31.0 Å². The molecular weight excluding hydrogens is 266 g/mol. The second-order valence-electron chi connectivity index (χ2n) is 5.23. The van der Waals surface area contributed by atoms with E-state index in [2.05, 4.69) is 12.2 Å². The summed E-state index contributed by atoms with van der Waals surface area (Å²) in [6.07, 6.45) is 5.48. The maximum absolute atomic E-state index is 12.2. The van der Waals surface area contributed by atoms with Crippen molar-refractivity contribution in [3.05, 3.63) is 29.3 Å². The van der Waals surface area contributed by atoms with Gasteiger partial charge in [0.2, 0.25) is 0 Å². The monoisotopic (exact) mass is 291 g/mol. The van der Waals surface area contributed by atoms with Gasteiger partial charge in [-0.1, -0.05) is 33.1 Å². The molecule has 0 fully saturated rings. The number of carbonyl (C=O) groups is 2. The van der Waals surface area contributed by atoms with Crippen LogP contribution in [0.25, 0.3) is 0 Å². The first-order valence-corrected chi connectivity index (χ1v) is 7.74. The largest absolute Gasteiger partial charge is 0.478 e. The van der Waals surface area contributed by atoms with E-state index in [4.69, 9.17) is 0 Å². The Bertz CT molecular complexity index is 483. The van der Waals surface area contributed by atoms with Crippen LogP contribution in [-0.2, 0) is 0 Å². The molecule has 0 bridgehead atoms. The number of anilines is 1. The molecule has 116 valence electrons. The number of ketones is 1. The third kappa shape index (κ3) is 5.58. The zero-order valence-corrected chi connectivity index (χ0v) is 12.9. The molecular formula is C17H25NO3. The second kappa shape index (κ2) is 9.16. The van der Waals surface area contributed by atoms with E-state index in [0.717, 1.165) is 44.3 Å². The third-order valence-electron chi connectivity index (χ3n) is 3.42. The predicted octanol–water partition coefficient (Wildman–Crippen LogP) is 4.36. The first kappa shape index (κ1) is 17.2. The van der Waals surface area contributed by atoms with E-state index in [9.17, 15) is 14.7 Å². The number of Topliss-reactive ketones (excluding diaryl/α,β-unsaturated/α-hetero) is 1. The van der Waals surface area contributed by atoms with Gasteiger partial charge < -0.3 is 10.4 Å². The molecule has 0 amide bonds. The van der Waals surface area contributed by atoms with E-state index >= 15 is 0 Å². The quantitative estimate of drug-likeness (QED) is 0.496. The van der Waals surface area contributed by atoms with Crippen LogP contribution in [0.15, 0.2) is 18.2 Å². The highest BCUT2D eigenvalue weighted by Gasteiger charge is 2.16. The minimum Gasteiger partial charge on any atom is -0.478 e. The number of hydrogen-bond acceptors (Lipinski definition) is 3. The summed E-state index contributed by atoms with van der Waals surface area (Å²) in [6.45, 7) is 4.99. The molecule has 0 saturated heterocycles. The van der Waals surface area contributed by atoms with Crippen molar-refractivity contribution in [2.75, 3.05) is 11.9 Å². The van der Waals surface area contributed by atoms with Crippen molar-refractivity contribution >= 4 is 17.4 Å². The number of carboxylic acids is 1. The Labute approximate surface area is 126 Å². The highest BCUT2D eigenvalue weighted by molar-refractivity contribution is 6.06. The lowest BCUT2D eigenvalue weighted by molar-refractivity contribution is 0.0691. The molecule has 2 N–H and O–H groups in total. The average molecular weight is 291 g/mol. The molecule has 0 aromatic heterocycles. The maximum atomic E-state index is 12.2. The summed E-state index contributed by atoms with van der Waals surface area (Å²) in [5.41, 5.74) is 1.22. The van der Waals surface area contributed by atoms with Crippen molar-refractivity contribution in [2.45, 2.75) is 52.4 Å². The lowest BCUT2D eigenvalue weighted by Gasteiger charge is -2.10. The van der Waals surface area contributed by atoms with Crippen LogP contribution < -0.4 is 5.32 Å². The summed E-state index contributed by atoms with van der Waals surface area (Å²) in [5, 5.41) is 12.5. The highest BCUT2D eigenvalue weighted by Crippen LogP contribution is 2.19. The van der Waals surface area contributed by atoms with Gasteiger partial charge in [-0.3, -0.25) is 4.79 Å². The Morgan fingerprint density at radius 1 is 1.05 bits per heavy atom. The van der Waals surface area contributed by atoms with Gasteiger partial charge in [0.05, 0.1) is 5.56 Å². The van der Waals surface area contributed by atoms with Crippen molar-refractivity contribution in [1.29, 1.82) is 0 Å². The number of unbranched alkanes of at least 4 members (excludes halogenated alkanes) is 3. The van der Waals surface area contributed by atoms with Gasteiger partial charge in [0.1, 0.15) is 0 Å². The fourth-order valence-corrected chi connectivity index (χ4v) is 2.15. The zero-order chi connectivity index (χ0) is 15.7. The van der Waals surface area contributed by atoms with Gasteiger partial charge in [0.15, 0.2) is 5.78 Å². The van der Waals surface area contributed by atoms with Crippen molar-refractivity contribution in [3.8, 4) is 0 Å². The normalized spacial score (nSPS) is 10.4. The fraction of sp³-hybridized carbons (Fsp3) is 0.529. The van der Waals surface area contributed by atoms with Crippen LogP contribution in [0.4, 0.5) is 5.69 Å². The summed E-state index contributed by atoms with van der Waals surface area (Å²) >= 11 is 0. The van der Waals surface area contributed by atoms with Crippen LogP contribution in [-0.4, -0.2) is 23.4 Å². The standard InChI is InChI=1S/C17H25NO3/c1-3-5-7-11-18-13-9-10-14(17(20)21)15(12-13)16(19)8-6-4-2/h9-10,12,18H,3-8,11H2,1-2H3,(H,20,21). The topological polar surface area (TPSA) is 66.4 Å². The van der Waals surface area contributed by atoms with Gasteiger partial charge >= 0.3 is 5.97 Å². The smallest absolute Gasteiger partial charge is 0.336 e. The SMILES string of the molecule is CCCCCNc1ccc(C(=O)O)c(C(=O)CCCC)c1. The predicted molar refractivity (Wildman–Crippen MR) is 85.3 cm³/mol. The average Bonchev–Trinajstić information content (AvgIpc) is 2.48. The second-order valence-corrected chi connectivity index (χ2v) is 5.23. The van der Waals surface area contributed by atoms with Crippen LogP contribution in [0.3, 0.4) is 0 Å². The molecule has 0 atom stereocenters. The van der Waals surface area contributed by atoms with Crippen LogP contribution in [0, 0.1) is 0 Å². The van der Waals surface area contributed by atoms with Gasteiger partial charge in [-0.15, -0.1) is 0 Å². The van der Waals surface area contributed by atoms with Crippen LogP contribution >= 0.6 is 0 Å². The first-order valence-electron chi connectivity index (χ1n) is 7.74. The third-order valence-corrected chi connectivity index (χ3v) is 3.42. The molecule has 4 nitrogen and oxygen atoms in total. The van der Waals surface area contributed by atoms with Crippen LogP contribution in [0.5, 0.6) is 0 Å². The Kier molecular flexibility index (Phi) is 7.51. The Balaban J connectivity index is 2.85. The Hall–Kier alpha value is -1.84. The van der Waals surface area contributed by atoms with E-state index in [1.54, 1.807) is 12.1 Å². The molecule has 0 aliphatic heterocycles. The van der Waals surface area contributed by atoms with Gasteiger partial charge in [-0.25, -0.2) is 4.79 Å². The molecule has 0 aliphatic carbocycles. The molecule has 0 spiro atoms. The van der Waals surface area contributed by atoms with Crippen LogP contribution in [0.1, 0.15) is 73.1 Å². The number of carbonyl (C=O) groups excluding carboxylic acids is 1. The number of carboxylic acid groups (broad SMARTS) is 1. The van der Waals surface area contributed by atoms with Crippen LogP contribution in [0.2, 0.25) is 0 Å². The maximum Gasteiger partial charge on any atom is 0.336 e. The van der Waals surface area contributed by atoms with Gasteiger partial charge in [0.25, 0.3) is 0 Å². The molecule has 0 heterocycles. The van der Waals surface area contributed by atoms with E-state index in [0.29, 0.717) is 12.0 Å². The minimum absolute atomic E-state index is 0.0912. The van der Waals surface area contributed by atoms with Crippen molar-refractivity contribution < 1.29 is 14.7 Å². The first-order chi connectivity index (χ1) is 10.1. The van der Waals surface area contributed by atoms with Crippen molar-refractivity contribution in [2.24, 2.45) is 0 Å². The Morgan fingerprint density at radius 3 is 2.38 bits per heavy atom. The van der Waals surface area contributed by atoms with Crippen molar-refractivity contribution in [1.82, 2.24) is 0 Å². The molecule has 0 saturated carbocycles.